The van der Waals surface area contributed by atoms with Crippen molar-refractivity contribution >= 4 is 34.3 Å². The van der Waals surface area contributed by atoms with Gasteiger partial charge in [0, 0.05) is 22.2 Å². The molecular weight excluding hydrogens is 360 g/mol. The summed E-state index contributed by atoms with van der Waals surface area (Å²) in [6.07, 6.45) is 0. The van der Waals surface area contributed by atoms with Gasteiger partial charge in [-0.25, -0.2) is 4.98 Å². The second kappa shape index (κ2) is 7.23. The van der Waals surface area contributed by atoms with Gasteiger partial charge in [0.1, 0.15) is 0 Å². The molecule has 2 heterocycles. The number of thiophene rings is 1. The molecule has 5 heteroatoms. The van der Waals surface area contributed by atoms with Gasteiger partial charge in [-0.2, -0.15) is 0 Å². The summed E-state index contributed by atoms with van der Waals surface area (Å²) in [4.78, 5) is 17.9. The molecule has 26 heavy (non-hydrogen) atoms. The van der Waals surface area contributed by atoms with Crippen LogP contribution in [-0.2, 0) is 0 Å². The summed E-state index contributed by atoms with van der Waals surface area (Å²) in [5, 5.41) is 8.03. The zero-order chi connectivity index (χ0) is 17.9. The number of aryl methyl sites for hydroxylation is 1. The van der Waals surface area contributed by atoms with Gasteiger partial charge in [0.2, 0.25) is 0 Å². The Balaban J connectivity index is 1.53. The molecule has 3 nitrogen and oxygen atoms in total. The Kier molecular flexibility index (Phi) is 4.65. The zero-order valence-corrected chi connectivity index (χ0v) is 15.7. The summed E-state index contributed by atoms with van der Waals surface area (Å²) in [6, 6.07) is 19.8. The number of carbonyl (C=O) groups excluding carboxylic acids is 1. The highest BCUT2D eigenvalue weighted by molar-refractivity contribution is 7.12. The largest absolute Gasteiger partial charge is 0.321 e. The normalized spacial score (nSPS) is 10.7. The average molecular weight is 377 g/mol. The van der Waals surface area contributed by atoms with Crippen molar-refractivity contribution in [3.05, 3.63) is 81.3 Å². The Morgan fingerprint density at radius 1 is 0.923 bits per heavy atom. The number of benzene rings is 2. The number of anilines is 1. The number of nitrogens with one attached hydrogen (secondary N) is 1. The number of hydrogen-bond acceptors (Lipinski definition) is 4. The Labute approximate surface area is 160 Å². The van der Waals surface area contributed by atoms with Gasteiger partial charge >= 0.3 is 0 Å². The first-order chi connectivity index (χ1) is 12.7. The lowest BCUT2D eigenvalue weighted by molar-refractivity contribution is 0.103. The van der Waals surface area contributed by atoms with Crippen LogP contribution in [0.15, 0.2) is 71.4 Å². The Hall–Kier alpha value is -2.76. The van der Waals surface area contributed by atoms with E-state index in [4.69, 9.17) is 0 Å². The average Bonchev–Trinajstić information content (AvgIpc) is 3.32. The lowest BCUT2D eigenvalue weighted by Gasteiger charge is -2.07. The van der Waals surface area contributed by atoms with E-state index >= 15 is 0 Å². The van der Waals surface area contributed by atoms with Gasteiger partial charge in [0.05, 0.1) is 15.6 Å². The van der Waals surface area contributed by atoms with E-state index in [9.17, 15) is 4.79 Å². The molecule has 1 amide bonds. The van der Waals surface area contributed by atoms with Gasteiger partial charge in [-0.1, -0.05) is 42.5 Å². The van der Waals surface area contributed by atoms with E-state index in [1.807, 2.05) is 78.3 Å². The van der Waals surface area contributed by atoms with Crippen LogP contribution in [0.1, 0.15) is 14.7 Å². The van der Waals surface area contributed by atoms with Crippen LogP contribution in [0.4, 0.5) is 5.69 Å². The number of thiazole rings is 1. The third kappa shape index (κ3) is 3.45. The number of nitrogens with zero attached hydrogens (tertiary/aromatic N) is 1. The topological polar surface area (TPSA) is 42.0 Å². The molecule has 0 aliphatic heterocycles. The van der Waals surface area contributed by atoms with Crippen molar-refractivity contribution in [3.8, 4) is 22.4 Å². The monoisotopic (exact) mass is 376 g/mol. The van der Waals surface area contributed by atoms with Gasteiger partial charge in [-0.15, -0.1) is 22.7 Å². The fourth-order valence-electron chi connectivity index (χ4n) is 2.74. The van der Waals surface area contributed by atoms with Crippen LogP contribution in [0.2, 0.25) is 0 Å². The van der Waals surface area contributed by atoms with Crippen LogP contribution in [-0.4, -0.2) is 10.9 Å². The summed E-state index contributed by atoms with van der Waals surface area (Å²) < 4.78 is 0. The number of amides is 1. The molecule has 0 fully saturated rings. The van der Waals surface area contributed by atoms with Gasteiger partial charge in [0.25, 0.3) is 5.91 Å². The van der Waals surface area contributed by atoms with E-state index in [1.165, 1.54) is 11.3 Å². The number of hydrogen-bond donors (Lipinski definition) is 1. The number of rotatable bonds is 4. The van der Waals surface area contributed by atoms with Crippen LogP contribution in [0, 0.1) is 6.92 Å². The third-order valence-corrected chi connectivity index (χ3v) is 5.70. The lowest BCUT2D eigenvalue weighted by atomic mass is 10.1. The summed E-state index contributed by atoms with van der Waals surface area (Å²) in [6.45, 7) is 1.99. The van der Waals surface area contributed by atoms with Crippen LogP contribution >= 0.6 is 22.7 Å². The van der Waals surface area contributed by atoms with Gasteiger partial charge in [-0.05, 0) is 36.1 Å². The highest BCUT2D eigenvalue weighted by Crippen LogP contribution is 2.29. The van der Waals surface area contributed by atoms with Crippen molar-refractivity contribution < 1.29 is 4.79 Å². The third-order valence-electron chi connectivity index (χ3n) is 4.01. The van der Waals surface area contributed by atoms with Crippen molar-refractivity contribution in [1.82, 2.24) is 4.98 Å². The molecule has 0 saturated heterocycles. The molecule has 4 rings (SSSR count). The van der Waals surface area contributed by atoms with Crippen LogP contribution < -0.4 is 5.32 Å². The fourth-order valence-corrected chi connectivity index (χ4v) is 4.17. The first-order valence-corrected chi connectivity index (χ1v) is 9.93. The van der Waals surface area contributed by atoms with Crippen LogP contribution in [0.5, 0.6) is 0 Å². The maximum atomic E-state index is 12.7. The minimum atomic E-state index is -0.0869. The minimum Gasteiger partial charge on any atom is -0.321 e. The molecule has 0 spiro atoms. The molecule has 0 aliphatic rings. The molecule has 0 bridgehead atoms. The Bertz CT molecular complexity index is 1030. The standard InChI is InChI=1S/C21H16N2OS2/c1-14-22-19(13-26-14)16-7-9-17(10-8-16)23-21(24)20-18(11-12-25-20)15-5-3-2-4-6-15/h2-13H,1H3,(H,23,24). The highest BCUT2D eigenvalue weighted by Gasteiger charge is 2.14. The first-order valence-electron chi connectivity index (χ1n) is 8.17. The van der Waals surface area contributed by atoms with E-state index in [2.05, 4.69) is 10.3 Å². The second-order valence-electron chi connectivity index (χ2n) is 5.81. The molecule has 0 atom stereocenters. The fraction of sp³-hybridized carbons (Fsp3) is 0.0476. The minimum absolute atomic E-state index is 0.0869. The smallest absolute Gasteiger partial charge is 0.266 e. The van der Waals surface area contributed by atoms with Crippen molar-refractivity contribution in [2.75, 3.05) is 5.32 Å². The van der Waals surface area contributed by atoms with Gasteiger partial charge in [0.15, 0.2) is 0 Å². The maximum absolute atomic E-state index is 12.7. The molecule has 4 aromatic rings. The molecule has 0 unspecified atom stereocenters. The zero-order valence-electron chi connectivity index (χ0n) is 14.1. The van der Waals surface area contributed by atoms with E-state index < -0.39 is 0 Å². The molecule has 0 saturated carbocycles. The van der Waals surface area contributed by atoms with Crippen molar-refractivity contribution in [1.29, 1.82) is 0 Å². The van der Waals surface area contributed by atoms with E-state index in [1.54, 1.807) is 11.3 Å². The van der Waals surface area contributed by atoms with Gasteiger partial charge in [-0.3, -0.25) is 4.79 Å². The van der Waals surface area contributed by atoms with Crippen molar-refractivity contribution in [2.45, 2.75) is 6.92 Å². The predicted octanol–water partition coefficient (Wildman–Crippen LogP) is 6.10. The van der Waals surface area contributed by atoms with Gasteiger partial charge < -0.3 is 5.32 Å². The Morgan fingerprint density at radius 3 is 2.38 bits per heavy atom. The van der Waals surface area contributed by atoms with Crippen LogP contribution in [0.25, 0.3) is 22.4 Å². The highest BCUT2D eigenvalue weighted by atomic mass is 32.1. The second-order valence-corrected chi connectivity index (χ2v) is 7.79. The Morgan fingerprint density at radius 2 is 1.69 bits per heavy atom. The summed E-state index contributed by atoms with van der Waals surface area (Å²) >= 11 is 3.09. The van der Waals surface area contributed by atoms with Crippen molar-refractivity contribution in [2.24, 2.45) is 0 Å². The predicted molar refractivity (Wildman–Crippen MR) is 110 cm³/mol. The van der Waals surface area contributed by atoms with Crippen LogP contribution in [0.3, 0.4) is 0 Å². The lowest BCUT2D eigenvalue weighted by Crippen LogP contribution is -2.11. The van der Waals surface area contributed by atoms with E-state index in [0.717, 1.165) is 38.0 Å². The van der Waals surface area contributed by atoms with Crippen molar-refractivity contribution in [3.63, 3.8) is 0 Å². The summed E-state index contributed by atoms with van der Waals surface area (Å²) in [5.41, 5.74) is 4.80. The molecule has 128 valence electrons. The first kappa shape index (κ1) is 16.7. The molecule has 0 radical (unpaired) electrons. The summed E-state index contributed by atoms with van der Waals surface area (Å²) in [5.74, 6) is -0.0869. The molecule has 2 aromatic heterocycles. The number of carbonyl (C=O) groups is 1. The van der Waals surface area contributed by atoms with E-state index in [-0.39, 0.29) is 5.91 Å². The quantitative estimate of drug-likeness (QED) is 0.467. The molecular formula is C21H16N2OS2. The maximum Gasteiger partial charge on any atom is 0.266 e. The molecule has 2 aromatic carbocycles. The SMILES string of the molecule is Cc1nc(-c2ccc(NC(=O)c3sccc3-c3ccccc3)cc2)cs1. The number of aromatic nitrogens is 1. The molecule has 0 aliphatic carbocycles. The van der Waals surface area contributed by atoms with E-state index in [0.29, 0.717) is 0 Å². The molecule has 1 N–H and O–H groups in total. The summed E-state index contributed by atoms with van der Waals surface area (Å²) in [7, 11) is 0.